The van der Waals surface area contributed by atoms with Gasteiger partial charge in [0, 0.05) is 0 Å². The molecule has 0 aliphatic heterocycles. The topological polar surface area (TPSA) is 131 Å². The molecule has 31 heavy (non-hydrogen) atoms. The number of carbonyl (C=O) groups excluding carboxylic acids is 1. The van der Waals surface area contributed by atoms with Crippen LogP contribution in [-0.4, -0.2) is 67.8 Å². The van der Waals surface area contributed by atoms with Crippen molar-refractivity contribution in [2.45, 2.75) is 77.6 Å². The maximum Gasteiger partial charge on any atom is 0.235 e. The Balaban J connectivity index is 3.31. The summed E-state index contributed by atoms with van der Waals surface area (Å²) in [6.07, 6.45) is 1.61. The van der Waals surface area contributed by atoms with E-state index in [9.17, 15) is 28.8 Å². The molecule has 176 valence electrons. The van der Waals surface area contributed by atoms with Crippen molar-refractivity contribution in [1.82, 2.24) is 0 Å². The van der Waals surface area contributed by atoms with Crippen LogP contribution in [0.25, 0.3) is 0 Å². The Morgan fingerprint density at radius 3 is 1.90 bits per heavy atom. The van der Waals surface area contributed by atoms with Crippen molar-refractivity contribution in [3.05, 3.63) is 35.4 Å². The second kappa shape index (κ2) is 9.03. The molecule has 0 fully saturated rings. The quantitative estimate of drug-likeness (QED) is 0.194. The number of rotatable bonds is 9. The molecule has 12 heteroatoms. The second-order valence-corrected chi connectivity index (χ2v) is 52.0. The van der Waals surface area contributed by atoms with Gasteiger partial charge in [0.2, 0.25) is 36.0 Å². The van der Waals surface area contributed by atoms with Gasteiger partial charge in [0.25, 0.3) is 0 Å². The van der Waals surface area contributed by atoms with Crippen LogP contribution in [-0.2, 0) is 10.3 Å². The van der Waals surface area contributed by atoms with Gasteiger partial charge in [-0.25, -0.2) is 4.79 Å². The average molecular weight is 518 g/mol. The highest BCUT2D eigenvalue weighted by Crippen LogP contribution is 2.38. The number of nitrogens with zero attached hydrogens (tertiary/aromatic N) is 1. The first-order chi connectivity index (χ1) is 13.7. The van der Waals surface area contributed by atoms with Gasteiger partial charge in [0.05, 0.1) is 5.54 Å². The van der Waals surface area contributed by atoms with Crippen LogP contribution in [0.3, 0.4) is 0 Å². The Hall–Kier alpha value is -0.516. The first kappa shape index (κ1) is 28.5. The molecular weight excluding hydrogens is 479 g/mol. The lowest BCUT2D eigenvalue weighted by Gasteiger charge is -2.50. The van der Waals surface area contributed by atoms with Crippen molar-refractivity contribution >= 4 is 43.8 Å². The molecule has 1 aromatic carbocycles. The van der Waals surface area contributed by atoms with Gasteiger partial charge in [0.1, 0.15) is 0 Å². The molecule has 0 saturated carbocycles. The zero-order valence-electron chi connectivity index (χ0n) is 20.2. The van der Waals surface area contributed by atoms with Gasteiger partial charge in [0.15, 0.2) is 7.83 Å². The number of hydrogen-bond acceptors (Lipinski definition) is 7. The maximum atomic E-state index is 11.6. The molecule has 0 saturated heterocycles. The molecule has 0 amide bonds. The largest absolute Gasteiger partial charge is 0.432 e. The number of hydrogen-bond donors (Lipinski definition) is 5. The van der Waals surface area contributed by atoms with E-state index in [0.717, 1.165) is 11.1 Å². The van der Waals surface area contributed by atoms with E-state index in [-0.39, 0.29) is 5.92 Å². The Kier molecular flexibility index (Phi) is 8.30. The highest BCUT2D eigenvalue weighted by Gasteiger charge is 2.72. The van der Waals surface area contributed by atoms with E-state index >= 15 is 0 Å². The van der Waals surface area contributed by atoms with Gasteiger partial charge in [-0.05, 0) is 76.2 Å². The molecular formula is C19H39NO6Si5. The first-order valence-corrected chi connectivity index (χ1v) is 27.4. The minimum atomic E-state index is -3.69. The monoisotopic (exact) mass is 517 g/mol. The summed E-state index contributed by atoms with van der Waals surface area (Å²) in [6.45, 7) is 15.1. The third-order valence-electron chi connectivity index (χ3n) is 7.33. The van der Waals surface area contributed by atoms with Crippen molar-refractivity contribution in [3.8, 4) is 0 Å². The molecule has 0 bridgehead atoms. The standard InChI is InChI=1S/C19H39NO6Si5/c1-16(17-11-10-12-18(13-17)19(2,3)20-15-21)14-28(6,23)30(8,25)31(9,26)29(7,24)27(4,5)22/h10-13,16,22-26H,14H2,1-9H3. The molecule has 0 heterocycles. The Morgan fingerprint density at radius 1 is 0.935 bits per heavy atom. The molecule has 5 unspecified atom stereocenters. The lowest BCUT2D eigenvalue weighted by molar-refractivity contribution is 0.485. The zero-order valence-corrected chi connectivity index (χ0v) is 25.2. The van der Waals surface area contributed by atoms with Crippen molar-refractivity contribution in [2.75, 3.05) is 0 Å². The average Bonchev–Trinajstić information content (AvgIpc) is 2.60. The minimum absolute atomic E-state index is 0.118. The fourth-order valence-electron chi connectivity index (χ4n) is 3.91. The van der Waals surface area contributed by atoms with Crippen LogP contribution >= 0.6 is 0 Å². The van der Waals surface area contributed by atoms with Crippen LogP contribution in [0.1, 0.15) is 37.8 Å². The van der Waals surface area contributed by atoms with E-state index in [1.807, 2.05) is 45.0 Å². The summed E-state index contributed by atoms with van der Waals surface area (Å²) in [4.78, 5) is 71.2. The molecule has 7 nitrogen and oxygen atoms in total. The summed E-state index contributed by atoms with van der Waals surface area (Å²) in [6, 6.07) is 7.94. The van der Waals surface area contributed by atoms with Crippen LogP contribution in [0.2, 0.25) is 45.3 Å². The van der Waals surface area contributed by atoms with Crippen LogP contribution in [0.5, 0.6) is 0 Å². The van der Waals surface area contributed by atoms with Crippen LogP contribution in [0, 0.1) is 0 Å². The lowest BCUT2D eigenvalue weighted by Crippen LogP contribution is -2.89. The molecule has 0 spiro atoms. The van der Waals surface area contributed by atoms with Gasteiger partial charge in [-0.1, -0.05) is 31.2 Å². The van der Waals surface area contributed by atoms with E-state index in [4.69, 9.17) is 0 Å². The van der Waals surface area contributed by atoms with Crippen molar-refractivity contribution in [3.63, 3.8) is 0 Å². The first-order valence-electron chi connectivity index (χ1n) is 10.5. The summed E-state index contributed by atoms with van der Waals surface area (Å²) < 4.78 is 0. The van der Waals surface area contributed by atoms with Gasteiger partial charge in [-0.2, -0.15) is 4.99 Å². The van der Waals surface area contributed by atoms with Gasteiger partial charge < -0.3 is 24.0 Å². The Labute approximate surface area is 190 Å². The van der Waals surface area contributed by atoms with Gasteiger partial charge in [-0.15, -0.1) is 0 Å². The highest BCUT2D eigenvalue weighted by atomic mass is 30.0. The van der Waals surface area contributed by atoms with E-state index in [0.29, 0.717) is 6.04 Å². The highest BCUT2D eigenvalue weighted by molar-refractivity contribution is 7.86. The third-order valence-corrected chi connectivity index (χ3v) is 74.8. The number of isocyanates is 1. The van der Waals surface area contributed by atoms with E-state index < -0.39 is 43.3 Å². The fraction of sp³-hybridized carbons (Fsp3) is 0.632. The SMILES string of the molecule is CC(C[Si](C)(O)[Si](C)(O)[Si](C)(O)[Si](C)(O)[Si](C)(C)O)c1cccc(C(C)(C)N=C=O)c1. The molecule has 0 aliphatic carbocycles. The molecule has 5 atom stereocenters. The lowest BCUT2D eigenvalue weighted by atomic mass is 9.91. The Bertz CT molecular complexity index is 844. The van der Waals surface area contributed by atoms with E-state index in [1.165, 1.54) is 6.55 Å². The summed E-state index contributed by atoms with van der Waals surface area (Å²) in [7, 11) is -17.3. The summed E-state index contributed by atoms with van der Waals surface area (Å²) in [5.41, 5.74) is 1.05. The van der Waals surface area contributed by atoms with Crippen LogP contribution in [0.4, 0.5) is 0 Å². The summed E-state index contributed by atoms with van der Waals surface area (Å²) in [5.74, 6) is -0.118. The molecule has 5 N–H and O–H groups in total. The Morgan fingerprint density at radius 2 is 1.45 bits per heavy atom. The van der Waals surface area contributed by atoms with Crippen LogP contribution < -0.4 is 0 Å². The van der Waals surface area contributed by atoms with Crippen LogP contribution in [0.15, 0.2) is 29.3 Å². The predicted molar refractivity (Wildman–Crippen MR) is 136 cm³/mol. The summed E-state index contributed by atoms with van der Waals surface area (Å²) in [5, 5.41) is 0. The fourth-order valence-corrected chi connectivity index (χ4v) is 82.3. The van der Waals surface area contributed by atoms with E-state index in [2.05, 4.69) is 4.99 Å². The number of benzene rings is 1. The van der Waals surface area contributed by atoms with Gasteiger partial charge in [-0.3, -0.25) is 0 Å². The predicted octanol–water partition coefficient (Wildman–Crippen LogP) is 2.14. The molecule has 1 aromatic rings. The van der Waals surface area contributed by atoms with Crippen molar-refractivity contribution < 1.29 is 28.8 Å². The smallest absolute Gasteiger partial charge is 0.235 e. The summed E-state index contributed by atoms with van der Waals surface area (Å²) >= 11 is 0. The molecule has 0 aromatic heterocycles. The molecule has 0 radical (unpaired) electrons. The normalized spacial score (nSPS) is 21.6. The maximum absolute atomic E-state index is 11.6. The third kappa shape index (κ3) is 5.36. The second-order valence-electron chi connectivity index (χ2n) is 10.5. The number of aliphatic imine (C=N–C) groups is 1. The minimum Gasteiger partial charge on any atom is -0.432 e. The zero-order chi connectivity index (χ0) is 24.7. The van der Waals surface area contributed by atoms with Crippen molar-refractivity contribution in [1.29, 1.82) is 0 Å². The van der Waals surface area contributed by atoms with Crippen molar-refractivity contribution in [2.24, 2.45) is 4.99 Å². The van der Waals surface area contributed by atoms with Gasteiger partial charge >= 0.3 is 0 Å². The molecule has 0 aliphatic rings. The molecule has 1 rings (SSSR count). The van der Waals surface area contributed by atoms with E-state index in [1.54, 1.807) is 38.8 Å².